The molecule has 0 aliphatic heterocycles. The number of nitrogens with zero attached hydrogens (tertiary/aromatic N) is 4. The molecular formula is C8H7N5O2S. The Bertz CT molecular complexity index is 579. The molecule has 16 heavy (non-hydrogen) atoms. The molecule has 0 spiro atoms. The van der Waals surface area contributed by atoms with Crippen molar-refractivity contribution in [2.45, 2.75) is 0 Å². The second kappa shape index (κ2) is 3.91. The van der Waals surface area contributed by atoms with Crippen LogP contribution in [0.3, 0.4) is 0 Å². The largest absolute Gasteiger partial charge is 0.324 e. The number of benzene rings is 1. The number of nitrogens with two attached hydrogens (primary N) is 1. The zero-order valence-electron chi connectivity index (χ0n) is 8.03. The zero-order valence-corrected chi connectivity index (χ0v) is 8.85. The Morgan fingerprint density at radius 3 is 3.00 bits per heavy atom. The fourth-order valence-electron chi connectivity index (χ4n) is 1.29. The minimum atomic E-state index is -0.484. The Morgan fingerprint density at radius 1 is 1.62 bits per heavy atom. The first-order chi connectivity index (χ1) is 7.63. The van der Waals surface area contributed by atoms with Gasteiger partial charge in [-0.1, -0.05) is 17.4 Å². The monoisotopic (exact) mass is 237 g/mol. The van der Waals surface area contributed by atoms with Crippen LogP contribution in [0.1, 0.15) is 0 Å². The summed E-state index contributed by atoms with van der Waals surface area (Å²) in [6.45, 7) is 0.135. The summed E-state index contributed by atoms with van der Waals surface area (Å²) < 4.78 is 1.33. The molecule has 0 radical (unpaired) electrons. The number of rotatable bonds is 2. The predicted octanol–water partition coefficient (Wildman–Crippen LogP) is 0.474. The van der Waals surface area contributed by atoms with Crippen LogP contribution in [0.5, 0.6) is 0 Å². The normalized spacial score (nSPS) is 10.6. The molecule has 7 nitrogen and oxygen atoms in total. The van der Waals surface area contributed by atoms with Gasteiger partial charge in [-0.3, -0.25) is 10.1 Å². The van der Waals surface area contributed by atoms with Crippen molar-refractivity contribution in [3.63, 3.8) is 0 Å². The van der Waals surface area contributed by atoms with E-state index >= 15 is 0 Å². The minimum absolute atomic E-state index is 0.0316. The Balaban J connectivity index is 2.64. The van der Waals surface area contributed by atoms with Gasteiger partial charge < -0.3 is 5.73 Å². The highest BCUT2D eigenvalue weighted by Gasteiger charge is 2.12. The van der Waals surface area contributed by atoms with Crippen LogP contribution >= 0.6 is 12.2 Å². The second-order valence-electron chi connectivity index (χ2n) is 3.03. The summed E-state index contributed by atoms with van der Waals surface area (Å²) in [5.74, 6) is 0. The van der Waals surface area contributed by atoms with Gasteiger partial charge in [-0.25, -0.2) is 4.68 Å². The summed E-state index contributed by atoms with van der Waals surface area (Å²) in [7, 11) is 0. The molecule has 0 saturated heterocycles. The second-order valence-corrected chi connectivity index (χ2v) is 3.50. The van der Waals surface area contributed by atoms with Crippen molar-refractivity contribution in [3.8, 4) is 0 Å². The molecule has 0 aliphatic carbocycles. The molecule has 1 aromatic carbocycles. The third-order valence-electron chi connectivity index (χ3n) is 2.05. The van der Waals surface area contributed by atoms with E-state index in [9.17, 15) is 10.1 Å². The van der Waals surface area contributed by atoms with Crippen LogP contribution in [0.25, 0.3) is 11.0 Å². The SMILES string of the molecule is NCC(=S)n1nnc2ccc([N+](=O)[O-])cc21. The van der Waals surface area contributed by atoms with Gasteiger partial charge in [0.1, 0.15) is 16.0 Å². The molecule has 2 rings (SSSR count). The van der Waals surface area contributed by atoms with Crippen LogP contribution in [-0.2, 0) is 0 Å². The number of hydrogen-bond acceptors (Lipinski definition) is 6. The third-order valence-corrected chi connectivity index (χ3v) is 2.39. The molecule has 0 atom stereocenters. The summed E-state index contributed by atoms with van der Waals surface area (Å²) in [5.41, 5.74) is 6.39. The summed E-state index contributed by atoms with van der Waals surface area (Å²) in [6, 6.07) is 4.26. The molecular weight excluding hydrogens is 230 g/mol. The number of non-ortho nitro benzene ring substituents is 1. The number of nitro groups is 1. The quantitative estimate of drug-likeness (QED) is 0.463. The van der Waals surface area contributed by atoms with Gasteiger partial charge in [-0.05, 0) is 6.07 Å². The minimum Gasteiger partial charge on any atom is -0.324 e. The van der Waals surface area contributed by atoms with Crippen molar-refractivity contribution >= 4 is 33.9 Å². The smallest absolute Gasteiger partial charge is 0.271 e. The molecule has 1 heterocycles. The number of aromatic nitrogens is 3. The van der Waals surface area contributed by atoms with E-state index in [0.29, 0.717) is 16.0 Å². The lowest BCUT2D eigenvalue weighted by atomic mass is 10.3. The maximum atomic E-state index is 10.6. The first kappa shape index (κ1) is 10.6. The van der Waals surface area contributed by atoms with E-state index in [2.05, 4.69) is 10.3 Å². The van der Waals surface area contributed by atoms with Crippen LogP contribution in [0.4, 0.5) is 5.69 Å². The maximum Gasteiger partial charge on any atom is 0.271 e. The first-order valence-corrected chi connectivity index (χ1v) is 4.77. The lowest BCUT2D eigenvalue weighted by Gasteiger charge is -1.99. The summed E-state index contributed by atoms with van der Waals surface area (Å²) in [5, 5.41) is 18.2. The number of fused-ring (bicyclic) bond motifs is 1. The van der Waals surface area contributed by atoms with Crippen LogP contribution in [0, 0.1) is 10.1 Å². The van der Waals surface area contributed by atoms with Gasteiger partial charge in [0.2, 0.25) is 0 Å². The summed E-state index contributed by atoms with van der Waals surface area (Å²) >= 11 is 4.98. The molecule has 8 heteroatoms. The van der Waals surface area contributed by atoms with E-state index in [4.69, 9.17) is 18.0 Å². The number of nitro benzene ring substituents is 1. The van der Waals surface area contributed by atoms with Crippen molar-refractivity contribution in [3.05, 3.63) is 28.3 Å². The van der Waals surface area contributed by atoms with Crippen molar-refractivity contribution < 1.29 is 4.92 Å². The van der Waals surface area contributed by atoms with E-state index < -0.39 is 4.92 Å². The molecule has 0 aliphatic rings. The highest BCUT2D eigenvalue weighted by Crippen LogP contribution is 2.18. The fraction of sp³-hybridized carbons (Fsp3) is 0.125. The maximum absolute atomic E-state index is 10.6. The molecule has 0 fully saturated rings. The van der Waals surface area contributed by atoms with Crippen LogP contribution < -0.4 is 5.73 Å². The lowest BCUT2D eigenvalue weighted by molar-refractivity contribution is -0.384. The van der Waals surface area contributed by atoms with Crippen molar-refractivity contribution in [2.24, 2.45) is 5.73 Å². The van der Waals surface area contributed by atoms with Crippen LogP contribution in [0.15, 0.2) is 18.2 Å². The van der Waals surface area contributed by atoms with Gasteiger partial charge in [-0.2, -0.15) is 0 Å². The summed E-state index contributed by atoms with van der Waals surface area (Å²) in [6.07, 6.45) is 0. The van der Waals surface area contributed by atoms with Crippen molar-refractivity contribution in [2.75, 3.05) is 6.54 Å². The zero-order chi connectivity index (χ0) is 11.7. The van der Waals surface area contributed by atoms with Crippen molar-refractivity contribution in [1.82, 2.24) is 15.0 Å². The number of thiocarbonyl (C=S) groups is 1. The molecule has 2 N–H and O–H groups in total. The van der Waals surface area contributed by atoms with Gasteiger partial charge in [0.05, 0.1) is 4.92 Å². The highest BCUT2D eigenvalue weighted by atomic mass is 32.1. The highest BCUT2D eigenvalue weighted by molar-refractivity contribution is 7.80. The van der Waals surface area contributed by atoms with E-state index in [1.54, 1.807) is 0 Å². The third kappa shape index (κ3) is 1.64. The standard InChI is InChI=1S/C8H7N5O2S/c9-4-8(16)12-7-3-5(13(14)15)1-2-6(7)10-11-12/h1-3H,4,9H2. The topological polar surface area (TPSA) is 99.9 Å². The molecule has 0 amide bonds. The molecule has 2 aromatic rings. The summed E-state index contributed by atoms with van der Waals surface area (Å²) in [4.78, 5) is 10.5. The Morgan fingerprint density at radius 2 is 2.38 bits per heavy atom. The average molecular weight is 237 g/mol. The van der Waals surface area contributed by atoms with E-state index in [0.717, 1.165) is 0 Å². The number of hydrogen-bond donors (Lipinski definition) is 1. The molecule has 0 bridgehead atoms. The molecule has 0 saturated carbocycles. The lowest BCUT2D eigenvalue weighted by Crippen LogP contribution is -2.20. The van der Waals surface area contributed by atoms with Crippen LogP contribution in [0.2, 0.25) is 0 Å². The molecule has 1 aromatic heterocycles. The average Bonchev–Trinajstić information content (AvgIpc) is 2.70. The molecule has 82 valence electrons. The Labute approximate surface area is 95.0 Å². The van der Waals surface area contributed by atoms with Gasteiger partial charge in [0, 0.05) is 18.7 Å². The van der Waals surface area contributed by atoms with Gasteiger partial charge in [-0.15, -0.1) is 5.10 Å². The van der Waals surface area contributed by atoms with E-state index in [1.165, 1.54) is 22.9 Å². The van der Waals surface area contributed by atoms with Gasteiger partial charge in [0.15, 0.2) is 0 Å². The van der Waals surface area contributed by atoms with E-state index in [1.807, 2.05) is 0 Å². The van der Waals surface area contributed by atoms with Gasteiger partial charge >= 0.3 is 0 Å². The fourth-order valence-corrected chi connectivity index (χ4v) is 1.43. The van der Waals surface area contributed by atoms with Crippen LogP contribution in [-0.4, -0.2) is 31.5 Å². The Hall–Kier alpha value is -1.93. The van der Waals surface area contributed by atoms with Crippen molar-refractivity contribution in [1.29, 1.82) is 0 Å². The first-order valence-electron chi connectivity index (χ1n) is 4.36. The van der Waals surface area contributed by atoms with E-state index in [-0.39, 0.29) is 12.2 Å². The Kier molecular flexibility index (Phi) is 2.59. The predicted molar refractivity (Wildman–Crippen MR) is 61.2 cm³/mol. The van der Waals surface area contributed by atoms with Gasteiger partial charge in [0.25, 0.3) is 5.69 Å². The molecule has 0 unspecified atom stereocenters.